The van der Waals surface area contributed by atoms with Crippen LogP contribution in [0, 0.1) is 0 Å². The van der Waals surface area contributed by atoms with Crippen LogP contribution in [0.3, 0.4) is 0 Å². The molecule has 2 unspecified atom stereocenters. The predicted molar refractivity (Wildman–Crippen MR) is 84.4 cm³/mol. The van der Waals surface area contributed by atoms with E-state index in [1.54, 1.807) is 7.11 Å². The third kappa shape index (κ3) is 5.51. The highest BCUT2D eigenvalue weighted by atomic mass is 16.5. The Labute approximate surface area is 123 Å². The number of benzene rings is 1. The molecule has 3 heteroatoms. The molecule has 0 bridgehead atoms. The van der Waals surface area contributed by atoms with E-state index in [1.807, 2.05) is 13.0 Å². The first-order chi connectivity index (χ1) is 9.72. The number of hydrogen-bond donors (Lipinski definition) is 1. The summed E-state index contributed by atoms with van der Waals surface area (Å²) in [5, 5.41) is 3.63. The largest absolute Gasteiger partial charge is 0.494 e. The van der Waals surface area contributed by atoms with Crippen molar-refractivity contribution < 1.29 is 9.47 Å². The lowest BCUT2D eigenvalue weighted by Gasteiger charge is -2.23. The van der Waals surface area contributed by atoms with Gasteiger partial charge in [-0.2, -0.15) is 0 Å². The Morgan fingerprint density at radius 3 is 2.55 bits per heavy atom. The van der Waals surface area contributed by atoms with E-state index in [4.69, 9.17) is 9.47 Å². The maximum atomic E-state index is 5.76. The summed E-state index contributed by atoms with van der Waals surface area (Å²) in [7, 11) is 1.77. The average molecular weight is 279 g/mol. The summed E-state index contributed by atoms with van der Waals surface area (Å²) in [6, 6.07) is 8.66. The van der Waals surface area contributed by atoms with Crippen molar-refractivity contribution in [1.29, 1.82) is 0 Å². The van der Waals surface area contributed by atoms with Gasteiger partial charge >= 0.3 is 0 Å². The van der Waals surface area contributed by atoms with E-state index in [9.17, 15) is 0 Å². The van der Waals surface area contributed by atoms with Gasteiger partial charge in [-0.3, -0.25) is 0 Å². The van der Waals surface area contributed by atoms with E-state index in [2.05, 4.69) is 37.4 Å². The van der Waals surface area contributed by atoms with Gasteiger partial charge in [0.05, 0.1) is 12.7 Å². The minimum atomic E-state index is 0.292. The molecule has 1 rings (SSSR count). The van der Waals surface area contributed by atoms with Crippen LogP contribution in [0.5, 0.6) is 5.75 Å². The summed E-state index contributed by atoms with van der Waals surface area (Å²) in [6.45, 7) is 8.05. The zero-order chi connectivity index (χ0) is 14.8. The van der Waals surface area contributed by atoms with Gasteiger partial charge in [0.25, 0.3) is 0 Å². The highest BCUT2D eigenvalue weighted by Gasteiger charge is 2.16. The number of para-hydroxylation sites is 1. The van der Waals surface area contributed by atoms with Crippen molar-refractivity contribution in [2.45, 2.75) is 52.2 Å². The van der Waals surface area contributed by atoms with Crippen molar-refractivity contribution in [2.24, 2.45) is 0 Å². The molecular weight excluding hydrogens is 250 g/mol. The van der Waals surface area contributed by atoms with E-state index < -0.39 is 0 Å². The van der Waals surface area contributed by atoms with Crippen molar-refractivity contribution in [3.63, 3.8) is 0 Å². The fraction of sp³-hybridized carbons (Fsp3) is 0.647. The molecule has 0 heterocycles. The van der Waals surface area contributed by atoms with Gasteiger partial charge in [-0.05, 0) is 45.7 Å². The highest BCUT2D eigenvalue weighted by Crippen LogP contribution is 2.28. The molecule has 0 fully saturated rings. The first-order valence-corrected chi connectivity index (χ1v) is 7.70. The molecule has 0 aliphatic rings. The summed E-state index contributed by atoms with van der Waals surface area (Å²) in [6.07, 6.45) is 3.52. The van der Waals surface area contributed by atoms with Gasteiger partial charge in [0.1, 0.15) is 5.75 Å². The van der Waals surface area contributed by atoms with E-state index in [-0.39, 0.29) is 0 Å². The molecule has 0 aliphatic carbocycles. The lowest BCUT2D eigenvalue weighted by molar-refractivity contribution is 0.106. The van der Waals surface area contributed by atoms with E-state index in [0.29, 0.717) is 18.8 Å². The van der Waals surface area contributed by atoms with Gasteiger partial charge in [-0.1, -0.05) is 25.1 Å². The normalized spacial score (nSPS) is 14.0. The Balaban J connectivity index is 2.80. The van der Waals surface area contributed by atoms with Crippen molar-refractivity contribution >= 4 is 0 Å². The van der Waals surface area contributed by atoms with Gasteiger partial charge in [-0.25, -0.2) is 0 Å². The number of nitrogens with one attached hydrogen (secondary N) is 1. The molecule has 0 saturated carbocycles. The molecule has 1 aromatic carbocycles. The van der Waals surface area contributed by atoms with Crippen LogP contribution in [0.4, 0.5) is 0 Å². The summed E-state index contributed by atoms with van der Waals surface area (Å²) < 4.78 is 11.1. The topological polar surface area (TPSA) is 30.5 Å². The van der Waals surface area contributed by atoms with Crippen LogP contribution in [0.15, 0.2) is 24.3 Å². The fourth-order valence-electron chi connectivity index (χ4n) is 2.26. The van der Waals surface area contributed by atoms with Crippen LogP contribution in [-0.2, 0) is 4.74 Å². The zero-order valence-corrected chi connectivity index (χ0v) is 13.3. The summed E-state index contributed by atoms with van der Waals surface area (Å²) in [4.78, 5) is 0. The summed E-state index contributed by atoms with van der Waals surface area (Å²) >= 11 is 0. The van der Waals surface area contributed by atoms with Crippen LogP contribution >= 0.6 is 0 Å². The van der Waals surface area contributed by atoms with Crippen molar-refractivity contribution in [3.05, 3.63) is 29.8 Å². The summed E-state index contributed by atoms with van der Waals surface area (Å²) in [5.41, 5.74) is 1.26. The Morgan fingerprint density at radius 1 is 1.15 bits per heavy atom. The SMILES string of the molecule is CCCNC(CCC(C)OC)c1ccccc1OCC. The van der Waals surface area contributed by atoms with Crippen LogP contribution in [-0.4, -0.2) is 26.4 Å². The van der Waals surface area contributed by atoms with E-state index in [1.165, 1.54) is 5.56 Å². The van der Waals surface area contributed by atoms with Crippen molar-refractivity contribution in [2.75, 3.05) is 20.3 Å². The molecule has 1 N–H and O–H groups in total. The third-order valence-corrected chi connectivity index (χ3v) is 3.50. The molecule has 114 valence electrons. The van der Waals surface area contributed by atoms with E-state index >= 15 is 0 Å². The smallest absolute Gasteiger partial charge is 0.124 e. The van der Waals surface area contributed by atoms with Gasteiger partial charge < -0.3 is 14.8 Å². The molecule has 1 aromatic rings. The molecule has 0 spiro atoms. The fourth-order valence-corrected chi connectivity index (χ4v) is 2.26. The van der Waals surface area contributed by atoms with Gasteiger partial charge in [0.15, 0.2) is 0 Å². The second kappa shape index (κ2) is 9.78. The molecule has 0 aliphatic heterocycles. The average Bonchev–Trinajstić information content (AvgIpc) is 2.48. The van der Waals surface area contributed by atoms with Crippen LogP contribution in [0.25, 0.3) is 0 Å². The lowest BCUT2D eigenvalue weighted by Crippen LogP contribution is -2.24. The monoisotopic (exact) mass is 279 g/mol. The number of ether oxygens (including phenoxy) is 2. The standard InChI is InChI=1S/C17H29NO2/c1-5-13-18-16(12-11-14(3)19-4)15-9-7-8-10-17(15)20-6-2/h7-10,14,16,18H,5-6,11-13H2,1-4H3. The second-order valence-corrected chi connectivity index (χ2v) is 5.10. The first kappa shape index (κ1) is 17.0. The third-order valence-electron chi connectivity index (χ3n) is 3.50. The van der Waals surface area contributed by atoms with Crippen LogP contribution < -0.4 is 10.1 Å². The minimum absolute atomic E-state index is 0.292. The van der Waals surface area contributed by atoms with Gasteiger partial charge in [-0.15, -0.1) is 0 Å². The second-order valence-electron chi connectivity index (χ2n) is 5.10. The number of methoxy groups -OCH3 is 1. The Morgan fingerprint density at radius 2 is 1.90 bits per heavy atom. The number of hydrogen-bond acceptors (Lipinski definition) is 3. The maximum absolute atomic E-state index is 5.76. The Kier molecular flexibility index (Phi) is 8.31. The molecule has 0 radical (unpaired) electrons. The lowest BCUT2D eigenvalue weighted by atomic mass is 9.99. The maximum Gasteiger partial charge on any atom is 0.124 e. The molecule has 2 atom stereocenters. The quantitative estimate of drug-likeness (QED) is 0.703. The molecular formula is C17H29NO2. The minimum Gasteiger partial charge on any atom is -0.494 e. The first-order valence-electron chi connectivity index (χ1n) is 7.70. The predicted octanol–water partition coefficient (Wildman–Crippen LogP) is 3.94. The zero-order valence-electron chi connectivity index (χ0n) is 13.3. The number of rotatable bonds is 10. The van der Waals surface area contributed by atoms with Crippen molar-refractivity contribution in [1.82, 2.24) is 5.32 Å². The van der Waals surface area contributed by atoms with E-state index in [0.717, 1.165) is 31.6 Å². The van der Waals surface area contributed by atoms with Crippen molar-refractivity contribution in [3.8, 4) is 5.75 Å². The van der Waals surface area contributed by atoms with Crippen LogP contribution in [0.2, 0.25) is 0 Å². The molecule has 3 nitrogen and oxygen atoms in total. The highest BCUT2D eigenvalue weighted by molar-refractivity contribution is 5.36. The molecule has 0 saturated heterocycles. The molecule has 0 amide bonds. The molecule has 20 heavy (non-hydrogen) atoms. The van der Waals surface area contributed by atoms with Gasteiger partial charge in [0.2, 0.25) is 0 Å². The Bertz CT molecular complexity index is 368. The Hall–Kier alpha value is -1.06. The van der Waals surface area contributed by atoms with Gasteiger partial charge in [0, 0.05) is 18.7 Å². The van der Waals surface area contributed by atoms with Crippen LogP contribution in [0.1, 0.15) is 51.6 Å². The summed E-state index contributed by atoms with van der Waals surface area (Å²) in [5.74, 6) is 0.994. The molecule has 0 aromatic heterocycles.